The van der Waals surface area contributed by atoms with Crippen LogP contribution in [0.2, 0.25) is 0 Å². The van der Waals surface area contributed by atoms with Gasteiger partial charge in [0.05, 0.1) is 16.8 Å². The van der Waals surface area contributed by atoms with E-state index in [4.69, 9.17) is 9.47 Å². The molecule has 0 atom stereocenters. The zero-order chi connectivity index (χ0) is 30.8. The molecule has 1 heterocycles. The number of aromatic nitrogens is 1. The number of fused-ring (bicyclic) bond motifs is 1. The number of aliphatic imine (C=N–C) groups is 1. The van der Waals surface area contributed by atoms with Crippen LogP contribution in [0.4, 0.5) is 9.52 Å². The Hall–Kier alpha value is -3.84. The van der Waals surface area contributed by atoms with Gasteiger partial charge in [0.2, 0.25) is 5.13 Å². The second-order valence-corrected chi connectivity index (χ2v) is 12.0. The highest BCUT2D eigenvalue weighted by Crippen LogP contribution is 2.28. The lowest BCUT2D eigenvalue weighted by atomic mass is 10.1. The minimum atomic E-state index is -0.458. The molecule has 0 radical (unpaired) electrons. The number of halogens is 1. The smallest absolute Gasteiger partial charge is 0.336 e. The number of hydrogen-bond acceptors (Lipinski definition) is 6. The topological polar surface area (TPSA) is 60.8 Å². The van der Waals surface area contributed by atoms with Crippen molar-refractivity contribution in [2.75, 3.05) is 6.61 Å². The first kappa shape index (κ1) is 33.1. The Balaban J connectivity index is 1.09. The molecule has 0 N–H and O–H groups in total. The molecule has 0 aliphatic rings. The van der Waals surface area contributed by atoms with Crippen LogP contribution in [0, 0.1) is 5.82 Å². The Morgan fingerprint density at radius 1 is 0.795 bits per heavy atom. The van der Waals surface area contributed by atoms with Gasteiger partial charge in [-0.15, -0.1) is 0 Å². The van der Waals surface area contributed by atoms with Crippen LogP contribution in [-0.4, -0.2) is 23.8 Å². The number of benzene rings is 3. The maximum absolute atomic E-state index is 13.4. The van der Waals surface area contributed by atoms with E-state index < -0.39 is 5.97 Å². The summed E-state index contributed by atoms with van der Waals surface area (Å²) in [6.45, 7) is 3.00. The first-order valence-electron chi connectivity index (χ1n) is 15.9. The van der Waals surface area contributed by atoms with Crippen LogP contribution in [-0.2, 0) is 4.79 Å². The maximum Gasteiger partial charge on any atom is 0.336 e. The van der Waals surface area contributed by atoms with Crippen LogP contribution < -0.4 is 9.47 Å². The van der Waals surface area contributed by atoms with E-state index in [1.54, 1.807) is 42.6 Å². The summed E-state index contributed by atoms with van der Waals surface area (Å²) in [6, 6.07) is 19.2. The zero-order valence-corrected chi connectivity index (χ0v) is 26.5. The Morgan fingerprint density at radius 3 is 2.09 bits per heavy atom. The van der Waals surface area contributed by atoms with Crippen molar-refractivity contribution >= 4 is 44.9 Å². The quantitative estimate of drug-likeness (QED) is 0.0347. The number of esters is 1. The van der Waals surface area contributed by atoms with Gasteiger partial charge in [0, 0.05) is 12.3 Å². The molecule has 0 saturated heterocycles. The normalized spacial score (nSPS) is 11.6. The van der Waals surface area contributed by atoms with Gasteiger partial charge in [0.15, 0.2) is 0 Å². The molecular weight excluding hydrogens is 571 g/mol. The number of hydrogen-bond donors (Lipinski definition) is 0. The van der Waals surface area contributed by atoms with Crippen molar-refractivity contribution in [2.24, 2.45) is 4.99 Å². The van der Waals surface area contributed by atoms with Crippen LogP contribution in [0.1, 0.15) is 95.1 Å². The molecule has 4 aromatic rings. The molecule has 7 heteroatoms. The second-order valence-electron chi connectivity index (χ2n) is 11.0. The van der Waals surface area contributed by atoms with Crippen LogP contribution >= 0.6 is 11.3 Å². The first-order chi connectivity index (χ1) is 21.6. The van der Waals surface area contributed by atoms with Gasteiger partial charge < -0.3 is 9.47 Å². The van der Waals surface area contributed by atoms with Gasteiger partial charge in [0.1, 0.15) is 17.3 Å². The number of rotatable bonds is 19. The van der Waals surface area contributed by atoms with Crippen molar-refractivity contribution in [2.45, 2.75) is 84.0 Å². The lowest BCUT2D eigenvalue weighted by molar-refractivity contribution is -0.128. The fraction of sp³-hybridized carbons (Fsp3) is 0.378. The van der Waals surface area contributed by atoms with E-state index in [2.05, 4.69) is 16.9 Å². The van der Waals surface area contributed by atoms with E-state index in [1.807, 2.05) is 24.3 Å². The number of ether oxygens (including phenoxy) is 2. The number of thiazole rings is 1. The molecule has 5 nitrogen and oxygen atoms in total. The molecule has 4 rings (SSSR count). The highest BCUT2D eigenvalue weighted by Gasteiger charge is 2.04. The van der Waals surface area contributed by atoms with E-state index in [1.165, 1.54) is 100 Å². The molecule has 44 heavy (non-hydrogen) atoms. The Labute approximate surface area is 264 Å². The molecule has 3 aromatic carbocycles. The maximum atomic E-state index is 13.4. The van der Waals surface area contributed by atoms with Crippen molar-refractivity contribution in [3.63, 3.8) is 0 Å². The fourth-order valence-corrected chi connectivity index (χ4v) is 5.65. The number of nitrogens with zero attached hydrogens (tertiary/aromatic N) is 2. The lowest BCUT2D eigenvalue weighted by Gasteiger charge is -2.07. The molecule has 0 spiro atoms. The van der Waals surface area contributed by atoms with E-state index >= 15 is 0 Å². The molecule has 232 valence electrons. The summed E-state index contributed by atoms with van der Waals surface area (Å²) in [7, 11) is 0. The molecule has 1 aromatic heterocycles. The molecule has 0 saturated carbocycles. The standard InChI is InChI=1S/C37H43FN2O3S/c1-2-3-4-5-6-7-8-9-10-11-12-13-26-42-32-20-14-29(15-21-32)18-25-36(41)43-33-22-16-30(17-23-33)28-39-37-40-34-24-19-31(38)27-35(34)44-37/h14-25,27-28H,2-13,26H2,1H3/b25-18+,39-28+. The van der Waals surface area contributed by atoms with Crippen molar-refractivity contribution in [3.8, 4) is 11.5 Å². The molecule has 0 aliphatic carbocycles. The van der Waals surface area contributed by atoms with Crippen molar-refractivity contribution in [3.05, 3.63) is 89.8 Å². The van der Waals surface area contributed by atoms with Crippen molar-refractivity contribution in [1.29, 1.82) is 0 Å². The average molecular weight is 615 g/mol. The van der Waals surface area contributed by atoms with E-state index in [0.717, 1.165) is 34.6 Å². The summed E-state index contributed by atoms with van der Waals surface area (Å²) in [5, 5.41) is 0.547. The Morgan fingerprint density at radius 2 is 1.41 bits per heavy atom. The highest BCUT2D eigenvalue weighted by molar-refractivity contribution is 7.22. The van der Waals surface area contributed by atoms with Gasteiger partial charge in [-0.3, -0.25) is 0 Å². The third-order valence-electron chi connectivity index (χ3n) is 7.32. The third kappa shape index (κ3) is 12.0. The largest absolute Gasteiger partial charge is 0.494 e. The summed E-state index contributed by atoms with van der Waals surface area (Å²) in [5.41, 5.74) is 2.43. The minimum absolute atomic E-state index is 0.292. The summed E-state index contributed by atoms with van der Waals surface area (Å²) in [5.74, 6) is 0.530. The molecule has 0 unspecified atom stereocenters. The molecule has 0 fully saturated rings. The molecular formula is C37H43FN2O3S. The minimum Gasteiger partial charge on any atom is -0.494 e. The van der Waals surface area contributed by atoms with Crippen LogP contribution in [0.15, 0.2) is 77.8 Å². The average Bonchev–Trinajstić information content (AvgIpc) is 3.44. The van der Waals surface area contributed by atoms with Gasteiger partial charge in [0.25, 0.3) is 0 Å². The Bertz CT molecular complexity index is 1480. The number of unbranched alkanes of at least 4 members (excludes halogenated alkanes) is 11. The molecule has 0 bridgehead atoms. The van der Waals surface area contributed by atoms with E-state index in [9.17, 15) is 9.18 Å². The molecule has 0 amide bonds. The summed E-state index contributed by atoms with van der Waals surface area (Å²) in [4.78, 5) is 21.1. The van der Waals surface area contributed by atoms with Crippen molar-refractivity contribution in [1.82, 2.24) is 4.98 Å². The first-order valence-corrected chi connectivity index (χ1v) is 16.7. The van der Waals surface area contributed by atoms with E-state index in [-0.39, 0.29) is 5.82 Å². The predicted octanol–water partition coefficient (Wildman–Crippen LogP) is 10.9. The predicted molar refractivity (Wildman–Crippen MR) is 181 cm³/mol. The van der Waals surface area contributed by atoms with Crippen LogP contribution in [0.5, 0.6) is 11.5 Å². The number of carbonyl (C=O) groups excluding carboxylic acids is 1. The van der Waals surface area contributed by atoms with Crippen LogP contribution in [0.25, 0.3) is 16.3 Å². The van der Waals surface area contributed by atoms with Crippen LogP contribution in [0.3, 0.4) is 0 Å². The lowest BCUT2D eigenvalue weighted by Crippen LogP contribution is -2.03. The molecule has 0 aliphatic heterocycles. The van der Waals surface area contributed by atoms with Gasteiger partial charge in [-0.1, -0.05) is 101 Å². The summed E-state index contributed by atoms with van der Waals surface area (Å²) in [6.07, 6.45) is 20.7. The monoisotopic (exact) mass is 614 g/mol. The van der Waals surface area contributed by atoms with Gasteiger partial charge in [-0.25, -0.2) is 19.2 Å². The van der Waals surface area contributed by atoms with Gasteiger partial charge >= 0.3 is 5.97 Å². The second kappa shape index (κ2) is 18.7. The fourth-order valence-electron chi connectivity index (χ4n) is 4.82. The number of carbonyl (C=O) groups is 1. The van der Waals surface area contributed by atoms with E-state index in [0.29, 0.717) is 16.4 Å². The Kier molecular flexibility index (Phi) is 14.1. The van der Waals surface area contributed by atoms with Gasteiger partial charge in [-0.05, 0) is 78.2 Å². The SMILES string of the molecule is CCCCCCCCCCCCCCOc1ccc(/C=C/C(=O)Oc2ccc(/C=N/c3nc4ccc(F)cc4s3)cc2)cc1. The van der Waals surface area contributed by atoms with Crippen molar-refractivity contribution < 1.29 is 18.7 Å². The highest BCUT2D eigenvalue weighted by atomic mass is 32.1. The summed E-state index contributed by atoms with van der Waals surface area (Å²) < 4.78 is 25.4. The van der Waals surface area contributed by atoms with Gasteiger partial charge in [-0.2, -0.15) is 0 Å². The zero-order valence-electron chi connectivity index (χ0n) is 25.7. The summed E-state index contributed by atoms with van der Waals surface area (Å²) >= 11 is 1.32. The third-order valence-corrected chi connectivity index (χ3v) is 8.25.